The third-order valence-corrected chi connectivity index (χ3v) is 4.94. The predicted molar refractivity (Wildman–Crippen MR) is 72.3 cm³/mol. The number of aromatic amines is 1. The number of hydrogen-bond donors (Lipinski definition) is 3. The van der Waals surface area contributed by atoms with E-state index in [0.29, 0.717) is 30.0 Å². The Kier molecular flexibility index (Phi) is 4.16. The lowest BCUT2D eigenvalue weighted by molar-refractivity contribution is -0.141. The summed E-state index contributed by atoms with van der Waals surface area (Å²) in [6, 6.07) is -0.420. The minimum absolute atomic E-state index is 0.164. The van der Waals surface area contributed by atoms with Gasteiger partial charge in [0.05, 0.1) is 0 Å². The Bertz CT molecular complexity index is 480. The summed E-state index contributed by atoms with van der Waals surface area (Å²) in [6.45, 7) is 0.800. The van der Waals surface area contributed by atoms with Crippen molar-refractivity contribution in [2.75, 3.05) is 13.7 Å². The molecule has 0 amide bonds. The van der Waals surface area contributed by atoms with E-state index in [4.69, 9.17) is 4.74 Å². The van der Waals surface area contributed by atoms with Crippen molar-refractivity contribution in [1.29, 1.82) is 0 Å². The highest BCUT2D eigenvalue weighted by atomic mass is 16.5. The highest BCUT2D eigenvalue weighted by Gasteiger charge is 2.40. The minimum atomic E-state index is -0.753. The highest BCUT2D eigenvalue weighted by Crippen LogP contribution is 2.43. The third-order valence-electron chi connectivity index (χ3n) is 4.94. The van der Waals surface area contributed by atoms with E-state index in [1.54, 1.807) is 7.11 Å². The molecule has 1 saturated heterocycles. The molecule has 1 saturated carbocycles. The molecule has 0 aromatic carbocycles. The number of aromatic nitrogens is 4. The van der Waals surface area contributed by atoms with E-state index in [9.17, 15) is 9.90 Å². The Balaban J connectivity index is 1.68. The lowest BCUT2D eigenvalue weighted by Crippen LogP contribution is -2.50. The molecule has 1 aliphatic heterocycles. The number of carboxylic acid groups (broad SMARTS) is 1. The van der Waals surface area contributed by atoms with E-state index < -0.39 is 12.0 Å². The zero-order valence-corrected chi connectivity index (χ0v) is 12.0. The first kappa shape index (κ1) is 14.4. The molecule has 0 bridgehead atoms. The topological polar surface area (TPSA) is 113 Å². The van der Waals surface area contributed by atoms with Crippen LogP contribution in [0.25, 0.3) is 0 Å². The van der Waals surface area contributed by atoms with Crippen LogP contribution in [0.5, 0.6) is 0 Å². The van der Waals surface area contributed by atoms with E-state index in [1.807, 2.05) is 0 Å². The summed E-state index contributed by atoms with van der Waals surface area (Å²) < 4.78 is 5.57. The Morgan fingerprint density at radius 3 is 2.90 bits per heavy atom. The largest absolute Gasteiger partial charge is 0.480 e. The summed E-state index contributed by atoms with van der Waals surface area (Å²) in [4.78, 5) is 11.2. The van der Waals surface area contributed by atoms with E-state index in [-0.39, 0.29) is 6.10 Å². The number of piperidine rings is 1. The number of hydrogen-bond acceptors (Lipinski definition) is 6. The van der Waals surface area contributed by atoms with Crippen molar-refractivity contribution in [2.24, 2.45) is 17.8 Å². The molecule has 0 radical (unpaired) electrons. The summed E-state index contributed by atoms with van der Waals surface area (Å²) in [5.41, 5.74) is 0. The van der Waals surface area contributed by atoms with Crippen LogP contribution < -0.4 is 5.32 Å². The number of rotatable bonds is 4. The number of methoxy groups -OCH3 is 1. The number of nitrogens with zero attached hydrogens (tertiary/aromatic N) is 3. The van der Waals surface area contributed by atoms with Gasteiger partial charge in [-0.25, -0.2) is 0 Å². The predicted octanol–water partition coefficient (Wildman–Crippen LogP) is 0.366. The normalized spacial score (nSPS) is 34.1. The quantitative estimate of drug-likeness (QED) is 0.735. The van der Waals surface area contributed by atoms with Gasteiger partial charge >= 0.3 is 5.97 Å². The summed E-state index contributed by atoms with van der Waals surface area (Å²) in [5, 5.41) is 26.4. The van der Waals surface area contributed by atoms with Gasteiger partial charge in [0, 0.05) is 7.11 Å². The second-order valence-corrected chi connectivity index (χ2v) is 6.05. The summed E-state index contributed by atoms with van der Waals surface area (Å²) in [6.07, 6.45) is 3.63. The Morgan fingerprint density at radius 2 is 2.24 bits per heavy atom. The van der Waals surface area contributed by atoms with Gasteiger partial charge in [-0.05, 0) is 50.0 Å². The van der Waals surface area contributed by atoms with Crippen molar-refractivity contribution in [3.05, 3.63) is 5.82 Å². The number of fused-ring (bicyclic) bond motifs is 1. The number of carboxylic acids is 1. The molecule has 2 heterocycles. The van der Waals surface area contributed by atoms with Crippen LogP contribution in [0.2, 0.25) is 0 Å². The summed E-state index contributed by atoms with van der Waals surface area (Å²) in [7, 11) is 1.66. The molecular weight excluding hydrogens is 274 g/mol. The molecule has 21 heavy (non-hydrogen) atoms. The third kappa shape index (κ3) is 2.91. The first-order valence-corrected chi connectivity index (χ1v) is 7.41. The summed E-state index contributed by atoms with van der Waals surface area (Å²) >= 11 is 0. The maximum absolute atomic E-state index is 11.2. The monoisotopic (exact) mass is 295 g/mol. The van der Waals surface area contributed by atoms with Crippen LogP contribution in [0.3, 0.4) is 0 Å². The molecular formula is C13H21N5O3. The molecule has 2 fully saturated rings. The van der Waals surface area contributed by atoms with Crippen LogP contribution in [-0.2, 0) is 9.53 Å². The van der Waals surface area contributed by atoms with Crippen molar-refractivity contribution in [3.8, 4) is 0 Å². The van der Waals surface area contributed by atoms with Crippen molar-refractivity contribution < 1.29 is 14.6 Å². The maximum Gasteiger partial charge on any atom is 0.320 e. The fraction of sp³-hybridized carbons (Fsp3) is 0.846. The van der Waals surface area contributed by atoms with Crippen LogP contribution >= 0.6 is 0 Å². The van der Waals surface area contributed by atoms with Crippen LogP contribution in [-0.4, -0.2) is 51.4 Å². The van der Waals surface area contributed by atoms with Gasteiger partial charge in [0.2, 0.25) is 5.82 Å². The molecule has 0 spiro atoms. The van der Waals surface area contributed by atoms with Gasteiger partial charge in [0.1, 0.15) is 12.1 Å². The molecule has 5 atom stereocenters. The Morgan fingerprint density at radius 1 is 1.38 bits per heavy atom. The fourth-order valence-corrected chi connectivity index (χ4v) is 3.86. The second kappa shape index (κ2) is 6.07. The van der Waals surface area contributed by atoms with Crippen molar-refractivity contribution in [2.45, 2.75) is 37.8 Å². The number of nitrogens with one attached hydrogen (secondary N) is 2. The van der Waals surface area contributed by atoms with E-state index in [1.165, 1.54) is 0 Å². The first-order chi connectivity index (χ1) is 10.2. The van der Waals surface area contributed by atoms with E-state index >= 15 is 0 Å². The molecule has 1 aromatic rings. The smallest absolute Gasteiger partial charge is 0.320 e. The van der Waals surface area contributed by atoms with Gasteiger partial charge in [-0.2, -0.15) is 5.21 Å². The number of tetrazole rings is 1. The standard InChI is InChI=1S/C13H21N5O3/c1-21-11(12-15-17-18-16-12)7-2-3-8-6-14-10(13(19)20)5-9(8)4-7/h7-11,14H,2-6H2,1H3,(H,19,20)(H,15,16,17,18)/t7-,8-,9+,10-,11?/m0/s1. The van der Waals surface area contributed by atoms with Crippen molar-refractivity contribution in [1.82, 2.24) is 25.9 Å². The fourth-order valence-electron chi connectivity index (χ4n) is 3.86. The van der Waals surface area contributed by atoms with Gasteiger partial charge in [-0.1, -0.05) is 5.21 Å². The van der Waals surface area contributed by atoms with Gasteiger partial charge < -0.3 is 15.2 Å². The van der Waals surface area contributed by atoms with Crippen LogP contribution in [0.4, 0.5) is 0 Å². The Hall–Kier alpha value is -1.54. The lowest BCUT2D eigenvalue weighted by atomic mass is 9.68. The van der Waals surface area contributed by atoms with E-state index in [2.05, 4.69) is 25.9 Å². The van der Waals surface area contributed by atoms with Gasteiger partial charge in [0.25, 0.3) is 0 Å². The molecule has 8 nitrogen and oxygen atoms in total. The first-order valence-electron chi connectivity index (χ1n) is 7.41. The Labute approximate surface area is 122 Å². The average molecular weight is 295 g/mol. The molecule has 3 N–H and O–H groups in total. The molecule has 2 aliphatic rings. The maximum atomic E-state index is 11.2. The van der Waals surface area contributed by atoms with Gasteiger partial charge in [-0.15, -0.1) is 10.2 Å². The SMILES string of the molecule is COC(c1nn[nH]n1)[C@H]1CC[C@H]2CN[C@H](C(=O)O)C[C@H]2C1. The molecule has 116 valence electrons. The molecule has 1 unspecified atom stereocenters. The summed E-state index contributed by atoms with van der Waals surface area (Å²) in [5.74, 6) is 1.15. The minimum Gasteiger partial charge on any atom is -0.480 e. The average Bonchev–Trinajstić information content (AvgIpc) is 3.01. The molecule has 1 aliphatic carbocycles. The highest BCUT2D eigenvalue weighted by molar-refractivity contribution is 5.73. The molecule has 1 aromatic heterocycles. The van der Waals surface area contributed by atoms with Crippen LogP contribution in [0.15, 0.2) is 0 Å². The lowest BCUT2D eigenvalue weighted by Gasteiger charge is -2.42. The van der Waals surface area contributed by atoms with Crippen LogP contribution in [0, 0.1) is 17.8 Å². The van der Waals surface area contributed by atoms with Crippen molar-refractivity contribution in [3.63, 3.8) is 0 Å². The van der Waals surface area contributed by atoms with Gasteiger partial charge in [-0.3, -0.25) is 4.79 Å². The number of H-pyrrole nitrogens is 1. The number of ether oxygens (including phenoxy) is 1. The second-order valence-electron chi connectivity index (χ2n) is 6.05. The number of carbonyl (C=O) groups is 1. The zero-order chi connectivity index (χ0) is 14.8. The molecule has 8 heteroatoms. The number of aliphatic carboxylic acids is 1. The van der Waals surface area contributed by atoms with Crippen LogP contribution in [0.1, 0.15) is 37.6 Å². The zero-order valence-electron chi connectivity index (χ0n) is 12.0. The van der Waals surface area contributed by atoms with Crippen molar-refractivity contribution >= 4 is 5.97 Å². The van der Waals surface area contributed by atoms with E-state index in [0.717, 1.165) is 25.8 Å². The van der Waals surface area contributed by atoms with Gasteiger partial charge in [0.15, 0.2) is 0 Å². The molecule has 3 rings (SSSR count).